The van der Waals surface area contributed by atoms with Gasteiger partial charge in [-0.25, -0.2) is 0 Å². The number of nitrogens with one attached hydrogen (secondary N) is 1. The molecule has 0 aliphatic heterocycles. The summed E-state index contributed by atoms with van der Waals surface area (Å²) in [5.41, 5.74) is 0.539. The first-order valence-corrected chi connectivity index (χ1v) is 9.68. The molecule has 0 spiro atoms. The van der Waals surface area contributed by atoms with Crippen molar-refractivity contribution in [1.29, 1.82) is 0 Å². The van der Waals surface area contributed by atoms with Crippen LogP contribution in [0.2, 0.25) is 10.0 Å². The number of rotatable bonds is 6. The van der Waals surface area contributed by atoms with Crippen LogP contribution in [-0.2, 0) is 9.59 Å². The van der Waals surface area contributed by atoms with E-state index in [0.717, 1.165) is 45.1 Å². The molecule has 25 heavy (non-hydrogen) atoms. The van der Waals surface area contributed by atoms with Gasteiger partial charge in [-0.3, -0.25) is 9.59 Å². The highest BCUT2D eigenvalue weighted by Gasteiger charge is 2.31. The molecule has 0 heterocycles. The van der Waals surface area contributed by atoms with Gasteiger partial charge in [-0.2, -0.15) is 0 Å². The lowest BCUT2D eigenvalue weighted by atomic mass is 9.81. The Kier molecular flexibility index (Phi) is 7.57. The van der Waals surface area contributed by atoms with Crippen LogP contribution in [0.25, 0.3) is 0 Å². The summed E-state index contributed by atoms with van der Waals surface area (Å²) in [6, 6.07) is 5.01. The fourth-order valence-electron chi connectivity index (χ4n) is 3.25. The van der Waals surface area contributed by atoms with E-state index in [-0.39, 0.29) is 23.7 Å². The molecule has 2 amide bonds. The number of carbonyl (C=O) groups is 2. The molecule has 0 aromatic heterocycles. The Labute approximate surface area is 159 Å². The second kappa shape index (κ2) is 9.44. The van der Waals surface area contributed by atoms with E-state index in [1.54, 1.807) is 18.2 Å². The highest BCUT2D eigenvalue weighted by atomic mass is 35.5. The average molecular weight is 385 g/mol. The molecule has 6 heteroatoms. The lowest BCUT2D eigenvalue weighted by Gasteiger charge is -2.30. The number of amides is 2. The van der Waals surface area contributed by atoms with Gasteiger partial charge in [0, 0.05) is 30.5 Å². The zero-order valence-electron chi connectivity index (χ0n) is 14.9. The smallest absolute Gasteiger partial charge is 0.227 e. The quantitative estimate of drug-likeness (QED) is 0.750. The third-order valence-corrected chi connectivity index (χ3v) is 5.42. The summed E-state index contributed by atoms with van der Waals surface area (Å²) in [5.74, 6) is 0.125. The number of anilines is 1. The molecule has 0 unspecified atom stereocenters. The highest BCUT2D eigenvalue weighted by molar-refractivity contribution is 6.35. The molecule has 0 atom stereocenters. The lowest BCUT2D eigenvalue weighted by molar-refractivity contribution is -0.136. The van der Waals surface area contributed by atoms with Crippen molar-refractivity contribution < 1.29 is 9.59 Å². The van der Waals surface area contributed by atoms with Crippen LogP contribution in [0.1, 0.15) is 45.4 Å². The van der Waals surface area contributed by atoms with Gasteiger partial charge in [0.05, 0.1) is 10.7 Å². The summed E-state index contributed by atoms with van der Waals surface area (Å²) in [6.45, 7) is 2.93. The predicted molar refractivity (Wildman–Crippen MR) is 103 cm³/mol. The van der Waals surface area contributed by atoms with Crippen molar-refractivity contribution in [3.05, 3.63) is 28.2 Å². The summed E-state index contributed by atoms with van der Waals surface area (Å²) >= 11 is 12.1. The van der Waals surface area contributed by atoms with Crippen molar-refractivity contribution in [3.63, 3.8) is 0 Å². The number of hydrogen-bond donors (Lipinski definition) is 1. The zero-order valence-corrected chi connectivity index (χ0v) is 16.4. The van der Waals surface area contributed by atoms with E-state index in [2.05, 4.69) is 12.2 Å². The van der Waals surface area contributed by atoms with E-state index in [1.165, 1.54) is 0 Å². The fourth-order valence-corrected chi connectivity index (χ4v) is 3.58. The molecule has 4 nitrogen and oxygen atoms in total. The molecule has 138 valence electrons. The maximum atomic E-state index is 12.5. The maximum Gasteiger partial charge on any atom is 0.227 e. The molecular weight excluding hydrogens is 359 g/mol. The van der Waals surface area contributed by atoms with Crippen molar-refractivity contribution >= 4 is 40.7 Å². The van der Waals surface area contributed by atoms with Gasteiger partial charge in [-0.15, -0.1) is 0 Å². The van der Waals surface area contributed by atoms with Gasteiger partial charge in [0.2, 0.25) is 11.8 Å². The lowest BCUT2D eigenvalue weighted by Crippen LogP contribution is -2.37. The van der Waals surface area contributed by atoms with E-state index in [0.29, 0.717) is 15.7 Å². The minimum atomic E-state index is -0.0833. The Morgan fingerprint density at radius 1 is 1.16 bits per heavy atom. The molecule has 1 saturated carbocycles. The monoisotopic (exact) mass is 384 g/mol. The molecule has 1 aliphatic carbocycles. The van der Waals surface area contributed by atoms with Crippen LogP contribution in [0.5, 0.6) is 0 Å². The number of carbonyl (C=O) groups excluding carboxylic acids is 2. The van der Waals surface area contributed by atoms with Crippen LogP contribution < -0.4 is 5.32 Å². The van der Waals surface area contributed by atoms with Gasteiger partial charge >= 0.3 is 0 Å². The second-order valence-electron chi connectivity index (χ2n) is 6.78. The van der Waals surface area contributed by atoms with Crippen LogP contribution in [0.15, 0.2) is 18.2 Å². The van der Waals surface area contributed by atoms with Gasteiger partial charge in [0.1, 0.15) is 0 Å². The summed E-state index contributed by atoms with van der Waals surface area (Å²) in [6.07, 6.45) is 5.08. The van der Waals surface area contributed by atoms with Crippen molar-refractivity contribution in [2.75, 3.05) is 18.9 Å². The molecule has 1 aliphatic rings. The van der Waals surface area contributed by atoms with Crippen LogP contribution >= 0.6 is 23.2 Å². The average Bonchev–Trinajstić information content (AvgIpc) is 2.62. The standard InChI is InChI=1S/C19H26Cl2N2O2/c1-3-4-11-23(2)19(25)14-7-5-13(6-8-14)18(24)22-17-12-15(20)9-10-16(17)21/h9-10,12-14H,3-8,11H2,1-2H3,(H,22,24). The Hall–Kier alpha value is -1.26. The third-order valence-electron chi connectivity index (χ3n) is 4.86. The molecule has 0 radical (unpaired) electrons. The zero-order chi connectivity index (χ0) is 18.4. The van der Waals surface area contributed by atoms with Crippen LogP contribution in [0, 0.1) is 11.8 Å². The highest BCUT2D eigenvalue weighted by Crippen LogP contribution is 2.32. The van der Waals surface area contributed by atoms with Gasteiger partial charge in [-0.05, 0) is 50.3 Å². The summed E-state index contributed by atoms with van der Waals surface area (Å²) in [7, 11) is 1.87. The van der Waals surface area contributed by atoms with Gasteiger partial charge in [0.15, 0.2) is 0 Å². The van der Waals surface area contributed by atoms with E-state index in [9.17, 15) is 9.59 Å². The Morgan fingerprint density at radius 3 is 2.44 bits per heavy atom. The van der Waals surface area contributed by atoms with Crippen LogP contribution in [-0.4, -0.2) is 30.3 Å². The molecule has 0 saturated heterocycles. The van der Waals surface area contributed by atoms with Crippen LogP contribution in [0.3, 0.4) is 0 Å². The topological polar surface area (TPSA) is 49.4 Å². The van der Waals surface area contributed by atoms with E-state index in [1.807, 2.05) is 11.9 Å². The summed E-state index contributed by atoms with van der Waals surface area (Å²) < 4.78 is 0. The Morgan fingerprint density at radius 2 is 1.80 bits per heavy atom. The summed E-state index contributed by atoms with van der Waals surface area (Å²) in [4.78, 5) is 26.8. The van der Waals surface area contributed by atoms with E-state index < -0.39 is 0 Å². The van der Waals surface area contributed by atoms with Gasteiger partial charge in [-0.1, -0.05) is 36.5 Å². The minimum Gasteiger partial charge on any atom is -0.346 e. The van der Waals surface area contributed by atoms with Crippen molar-refractivity contribution in [3.8, 4) is 0 Å². The van der Waals surface area contributed by atoms with Gasteiger partial charge < -0.3 is 10.2 Å². The molecule has 1 aromatic carbocycles. The molecule has 1 fully saturated rings. The van der Waals surface area contributed by atoms with E-state index in [4.69, 9.17) is 23.2 Å². The van der Waals surface area contributed by atoms with Crippen molar-refractivity contribution in [1.82, 2.24) is 4.90 Å². The normalized spacial score (nSPS) is 20.2. The molecular formula is C19H26Cl2N2O2. The number of unbranched alkanes of at least 4 members (excludes halogenated alkanes) is 1. The fraction of sp³-hybridized carbons (Fsp3) is 0.579. The first-order chi connectivity index (χ1) is 11.9. The predicted octanol–water partition coefficient (Wildman–Crippen LogP) is 5.00. The third kappa shape index (κ3) is 5.61. The second-order valence-corrected chi connectivity index (χ2v) is 7.62. The minimum absolute atomic E-state index is 0.0423. The SMILES string of the molecule is CCCCN(C)C(=O)C1CCC(C(=O)Nc2cc(Cl)ccc2Cl)CC1. The van der Waals surface area contributed by atoms with Crippen molar-refractivity contribution in [2.24, 2.45) is 11.8 Å². The summed E-state index contributed by atoms with van der Waals surface area (Å²) in [5, 5.41) is 3.87. The number of benzene rings is 1. The Balaban J connectivity index is 1.86. The molecule has 2 rings (SSSR count). The number of halogens is 2. The molecule has 0 bridgehead atoms. The van der Waals surface area contributed by atoms with Gasteiger partial charge in [0.25, 0.3) is 0 Å². The number of hydrogen-bond acceptors (Lipinski definition) is 2. The van der Waals surface area contributed by atoms with E-state index >= 15 is 0 Å². The maximum absolute atomic E-state index is 12.5. The van der Waals surface area contributed by atoms with Crippen LogP contribution in [0.4, 0.5) is 5.69 Å². The molecule has 1 N–H and O–H groups in total. The largest absolute Gasteiger partial charge is 0.346 e. The first-order valence-electron chi connectivity index (χ1n) is 8.93. The Bertz CT molecular complexity index is 613. The number of nitrogens with zero attached hydrogens (tertiary/aromatic N) is 1. The van der Waals surface area contributed by atoms with Crippen molar-refractivity contribution in [2.45, 2.75) is 45.4 Å². The molecule has 1 aromatic rings. The first kappa shape index (κ1) is 20.1.